The van der Waals surface area contributed by atoms with Crippen LogP contribution in [-0.4, -0.2) is 37.1 Å². The van der Waals surface area contributed by atoms with Crippen LogP contribution >= 0.6 is 0 Å². The van der Waals surface area contributed by atoms with Gasteiger partial charge in [-0.15, -0.1) is 0 Å². The van der Waals surface area contributed by atoms with Gasteiger partial charge < -0.3 is 4.74 Å². The number of rotatable bonds is 4. The van der Waals surface area contributed by atoms with E-state index in [4.69, 9.17) is 4.74 Å². The van der Waals surface area contributed by atoms with Crippen LogP contribution in [0.2, 0.25) is 0 Å². The Morgan fingerprint density at radius 2 is 2.19 bits per heavy atom. The molecule has 0 N–H and O–H groups in total. The number of carbonyl (C=O) groups excluding carboxylic acids is 1. The number of nitrogens with zero attached hydrogens (tertiary/aromatic N) is 1. The third kappa shape index (κ3) is 3.78. The van der Waals surface area contributed by atoms with E-state index in [1.165, 1.54) is 13.5 Å². The van der Waals surface area contributed by atoms with Gasteiger partial charge in [-0.3, -0.25) is 9.69 Å². The first kappa shape index (κ1) is 13.5. The Balaban J connectivity index is 2.54. The van der Waals surface area contributed by atoms with E-state index in [0.717, 1.165) is 25.9 Å². The van der Waals surface area contributed by atoms with E-state index in [9.17, 15) is 4.79 Å². The van der Waals surface area contributed by atoms with Crippen LogP contribution in [0, 0.1) is 11.8 Å². The minimum atomic E-state index is -0.0599. The van der Waals surface area contributed by atoms with Crippen molar-refractivity contribution in [2.45, 2.75) is 46.1 Å². The fourth-order valence-electron chi connectivity index (χ4n) is 2.26. The van der Waals surface area contributed by atoms with Crippen molar-refractivity contribution >= 4 is 5.97 Å². The van der Waals surface area contributed by atoms with Crippen molar-refractivity contribution in [1.82, 2.24) is 4.90 Å². The molecule has 1 fully saturated rings. The lowest BCUT2D eigenvalue weighted by Crippen LogP contribution is -2.47. The highest BCUT2D eigenvalue weighted by Crippen LogP contribution is 2.23. The second-order valence-corrected chi connectivity index (χ2v) is 5.39. The second kappa shape index (κ2) is 6.24. The van der Waals surface area contributed by atoms with Gasteiger partial charge in [0.25, 0.3) is 0 Å². The molecule has 0 aliphatic carbocycles. The zero-order chi connectivity index (χ0) is 12.1. The van der Waals surface area contributed by atoms with Crippen LogP contribution in [0.25, 0.3) is 0 Å². The van der Waals surface area contributed by atoms with Gasteiger partial charge in [0.1, 0.15) is 6.04 Å². The summed E-state index contributed by atoms with van der Waals surface area (Å²) < 4.78 is 4.89. The van der Waals surface area contributed by atoms with Crippen molar-refractivity contribution in [3.63, 3.8) is 0 Å². The lowest BCUT2D eigenvalue weighted by atomic mass is 9.92. The first-order chi connectivity index (χ1) is 7.54. The summed E-state index contributed by atoms with van der Waals surface area (Å²) in [6, 6.07) is -0.00694. The largest absolute Gasteiger partial charge is 0.468 e. The lowest BCUT2D eigenvalue weighted by Gasteiger charge is -2.37. The molecular weight excluding hydrogens is 202 g/mol. The predicted octanol–water partition coefficient (Wildman–Crippen LogP) is 2.31. The molecule has 2 atom stereocenters. The maximum atomic E-state index is 11.7. The highest BCUT2D eigenvalue weighted by Gasteiger charge is 2.32. The molecule has 0 bridgehead atoms. The van der Waals surface area contributed by atoms with Crippen LogP contribution < -0.4 is 0 Å². The number of hydrogen-bond acceptors (Lipinski definition) is 3. The maximum Gasteiger partial charge on any atom is 0.323 e. The molecule has 16 heavy (non-hydrogen) atoms. The number of likely N-dealkylation sites (tertiary alicyclic amines) is 1. The average Bonchev–Trinajstić information content (AvgIpc) is 2.26. The van der Waals surface area contributed by atoms with Gasteiger partial charge in [-0.05, 0) is 44.2 Å². The van der Waals surface area contributed by atoms with E-state index in [1.807, 2.05) is 0 Å². The topological polar surface area (TPSA) is 29.5 Å². The van der Waals surface area contributed by atoms with Crippen molar-refractivity contribution in [3.8, 4) is 0 Å². The normalized spacial score (nSPS) is 27.1. The number of piperidine rings is 1. The molecule has 3 nitrogen and oxygen atoms in total. The Kier molecular flexibility index (Phi) is 5.26. The Morgan fingerprint density at radius 3 is 2.75 bits per heavy atom. The fraction of sp³-hybridized carbons (Fsp3) is 0.923. The molecule has 1 aliphatic heterocycles. The van der Waals surface area contributed by atoms with Crippen molar-refractivity contribution in [3.05, 3.63) is 0 Å². The van der Waals surface area contributed by atoms with Gasteiger partial charge in [-0.2, -0.15) is 0 Å². The molecule has 1 aliphatic rings. The number of hydrogen-bond donors (Lipinski definition) is 0. The summed E-state index contributed by atoms with van der Waals surface area (Å²) in [5.41, 5.74) is 0. The molecule has 2 unspecified atom stereocenters. The SMILES string of the molecule is COC(=O)C1CC(C)CCN1CCC(C)C. The molecule has 1 saturated heterocycles. The maximum absolute atomic E-state index is 11.7. The van der Waals surface area contributed by atoms with E-state index in [1.54, 1.807) is 0 Å². The zero-order valence-electron chi connectivity index (χ0n) is 11.0. The van der Waals surface area contributed by atoms with E-state index < -0.39 is 0 Å². The van der Waals surface area contributed by atoms with E-state index in [0.29, 0.717) is 11.8 Å². The van der Waals surface area contributed by atoms with Crippen LogP contribution in [0.4, 0.5) is 0 Å². The van der Waals surface area contributed by atoms with Crippen molar-refractivity contribution < 1.29 is 9.53 Å². The van der Waals surface area contributed by atoms with E-state index in [2.05, 4.69) is 25.7 Å². The zero-order valence-corrected chi connectivity index (χ0v) is 11.0. The molecule has 0 aromatic rings. The third-order valence-electron chi connectivity index (χ3n) is 3.44. The van der Waals surface area contributed by atoms with Gasteiger partial charge in [-0.1, -0.05) is 20.8 Å². The minimum Gasteiger partial charge on any atom is -0.468 e. The Labute approximate surface area is 99.1 Å². The summed E-state index contributed by atoms with van der Waals surface area (Å²) in [5, 5.41) is 0. The first-order valence-electron chi connectivity index (χ1n) is 6.36. The molecule has 1 rings (SSSR count). The van der Waals surface area contributed by atoms with E-state index >= 15 is 0 Å². The number of carbonyl (C=O) groups is 1. The average molecular weight is 227 g/mol. The Morgan fingerprint density at radius 1 is 1.50 bits per heavy atom. The van der Waals surface area contributed by atoms with Gasteiger partial charge in [0.05, 0.1) is 7.11 Å². The van der Waals surface area contributed by atoms with Crippen molar-refractivity contribution in [1.29, 1.82) is 0 Å². The molecular formula is C13H25NO2. The van der Waals surface area contributed by atoms with Gasteiger partial charge in [0.2, 0.25) is 0 Å². The van der Waals surface area contributed by atoms with Gasteiger partial charge in [-0.25, -0.2) is 0 Å². The molecule has 0 aromatic carbocycles. The van der Waals surface area contributed by atoms with Gasteiger partial charge in [0, 0.05) is 0 Å². The highest BCUT2D eigenvalue weighted by molar-refractivity contribution is 5.75. The number of esters is 1. The summed E-state index contributed by atoms with van der Waals surface area (Å²) in [6.07, 6.45) is 3.30. The fourth-order valence-corrected chi connectivity index (χ4v) is 2.26. The quantitative estimate of drug-likeness (QED) is 0.690. The Bertz CT molecular complexity index is 228. The first-order valence-corrected chi connectivity index (χ1v) is 6.36. The molecule has 0 aromatic heterocycles. The monoisotopic (exact) mass is 227 g/mol. The number of methoxy groups -OCH3 is 1. The lowest BCUT2D eigenvalue weighted by molar-refractivity contribution is -0.149. The summed E-state index contributed by atoms with van der Waals surface area (Å²) in [6.45, 7) is 8.72. The molecule has 0 saturated carbocycles. The highest BCUT2D eigenvalue weighted by atomic mass is 16.5. The third-order valence-corrected chi connectivity index (χ3v) is 3.44. The van der Waals surface area contributed by atoms with Crippen molar-refractivity contribution in [2.24, 2.45) is 11.8 Å². The molecule has 3 heteroatoms. The number of ether oxygens (including phenoxy) is 1. The van der Waals surface area contributed by atoms with Crippen LogP contribution in [0.5, 0.6) is 0 Å². The smallest absolute Gasteiger partial charge is 0.323 e. The van der Waals surface area contributed by atoms with Crippen LogP contribution in [-0.2, 0) is 9.53 Å². The summed E-state index contributed by atoms with van der Waals surface area (Å²) in [7, 11) is 1.49. The van der Waals surface area contributed by atoms with E-state index in [-0.39, 0.29) is 12.0 Å². The standard InChI is InChI=1S/C13H25NO2/c1-10(2)5-7-14-8-6-11(3)9-12(14)13(15)16-4/h10-12H,5-9H2,1-4H3. The molecule has 1 heterocycles. The summed E-state index contributed by atoms with van der Waals surface area (Å²) >= 11 is 0. The van der Waals surface area contributed by atoms with Crippen LogP contribution in [0.15, 0.2) is 0 Å². The molecule has 0 spiro atoms. The van der Waals surface area contributed by atoms with Crippen molar-refractivity contribution in [2.75, 3.05) is 20.2 Å². The molecule has 94 valence electrons. The summed E-state index contributed by atoms with van der Waals surface area (Å²) in [4.78, 5) is 14.0. The minimum absolute atomic E-state index is 0.00694. The van der Waals surface area contributed by atoms with Gasteiger partial charge in [0.15, 0.2) is 0 Å². The Hall–Kier alpha value is -0.570. The molecule has 0 radical (unpaired) electrons. The van der Waals surface area contributed by atoms with Gasteiger partial charge >= 0.3 is 5.97 Å². The second-order valence-electron chi connectivity index (χ2n) is 5.39. The van der Waals surface area contributed by atoms with Crippen LogP contribution in [0.1, 0.15) is 40.0 Å². The summed E-state index contributed by atoms with van der Waals surface area (Å²) in [5.74, 6) is 1.27. The van der Waals surface area contributed by atoms with Crippen LogP contribution in [0.3, 0.4) is 0 Å². The predicted molar refractivity (Wildman–Crippen MR) is 65.2 cm³/mol. The molecule has 0 amide bonds.